The fraction of sp³-hybridized carbons (Fsp3) is 0.818. The van der Waals surface area contributed by atoms with Crippen LogP contribution in [-0.4, -0.2) is 45.5 Å². The summed E-state index contributed by atoms with van der Waals surface area (Å²) in [7, 11) is 0. The summed E-state index contributed by atoms with van der Waals surface area (Å²) >= 11 is 0. The Labute approximate surface area is 102 Å². The molecule has 2 N–H and O–H groups in total. The highest BCUT2D eigenvalue weighted by Crippen LogP contribution is 2.07. The Morgan fingerprint density at radius 2 is 2.29 bits per heavy atom. The summed E-state index contributed by atoms with van der Waals surface area (Å²) in [6, 6.07) is 0. The van der Waals surface area contributed by atoms with Gasteiger partial charge < -0.3 is 15.2 Å². The van der Waals surface area contributed by atoms with Crippen LogP contribution in [0.25, 0.3) is 0 Å². The van der Waals surface area contributed by atoms with Gasteiger partial charge in [0.15, 0.2) is 0 Å². The van der Waals surface area contributed by atoms with Crippen molar-refractivity contribution in [1.82, 2.24) is 20.3 Å². The van der Waals surface area contributed by atoms with Crippen molar-refractivity contribution in [1.29, 1.82) is 0 Å². The van der Waals surface area contributed by atoms with Crippen LogP contribution in [0.15, 0.2) is 6.20 Å². The Balaban J connectivity index is 2.30. The van der Waals surface area contributed by atoms with E-state index in [1.165, 1.54) is 0 Å². The number of hydrogen-bond donors (Lipinski definition) is 2. The summed E-state index contributed by atoms with van der Waals surface area (Å²) in [5.74, 6) is 0. The highest BCUT2D eigenvalue weighted by atomic mass is 16.5. The molecule has 1 aromatic heterocycles. The third-order valence-corrected chi connectivity index (χ3v) is 2.31. The van der Waals surface area contributed by atoms with Crippen molar-refractivity contribution in [3.63, 3.8) is 0 Å². The van der Waals surface area contributed by atoms with Crippen molar-refractivity contribution in [2.24, 2.45) is 0 Å². The van der Waals surface area contributed by atoms with E-state index in [9.17, 15) is 0 Å². The number of nitrogens with one attached hydrogen (secondary N) is 1. The van der Waals surface area contributed by atoms with Gasteiger partial charge in [-0.15, -0.1) is 5.10 Å². The first-order chi connectivity index (χ1) is 8.07. The van der Waals surface area contributed by atoms with Gasteiger partial charge in [-0.25, -0.2) is 4.68 Å². The highest BCUT2D eigenvalue weighted by Gasteiger charge is 2.16. The van der Waals surface area contributed by atoms with Crippen LogP contribution in [0.4, 0.5) is 0 Å². The lowest BCUT2D eigenvalue weighted by atomic mass is 10.1. The van der Waals surface area contributed by atoms with E-state index in [4.69, 9.17) is 9.84 Å². The summed E-state index contributed by atoms with van der Waals surface area (Å²) in [4.78, 5) is 0. The molecule has 98 valence electrons. The Hall–Kier alpha value is -0.980. The van der Waals surface area contributed by atoms with Crippen LogP contribution in [0.1, 0.15) is 26.5 Å². The summed E-state index contributed by atoms with van der Waals surface area (Å²) in [5.41, 5.74) is 0.696. The highest BCUT2D eigenvalue weighted by molar-refractivity contribution is 4.92. The molecule has 6 heteroatoms. The molecule has 1 aromatic rings. The van der Waals surface area contributed by atoms with E-state index in [2.05, 4.69) is 15.6 Å². The maximum atomic E-state index is 8.75. The Kier molecular flexibility index (Phi) is 5.54. The van der Waals surface area contributed by atoms with Crippen molar-refractivity contribution in [2.45, 2.75) is 39.5 Å². The smallest absolute Gasteiger partial charge is 0.0964 e. The first-order valence-corrected chi connectivity index (χ1v) is 5.92. The first-order valence-electron chi connectivity index (χ1n) is 5.92. The Bertz CT molecular complexity index is 325. The van der Waals surface area contributed by atoms with Gasteiger partial charge in [-0.05, 0) is 20.8 Å². The first kappa shape index (κ1) is 14.1. The van der Waals surface area contributed by atoms with Crippen molar-refractivity contribution in [2.75, 3.05) is 19.8 Å². The average molecular weight is 242 g/mol. The lowest BCUT2D eigenvalue weighted by molar-refractivity contribution is -0.00902. The second-order valence-electron chi connectivity index (χ2n) is 4.49. The minimum Gasteiger partial charge on any atom is -0.394 e. The summed E-state index contributed by atoms with van der Waals surface area (Å²) in [6.07, 6.45) is 1.83. The van der Waals surface area contributed by atoms with Crippen LogP contribution < -0.4 is 5.32 Å². The molecule has 0 aliphatic heterocycles. The van der Waals surface area contributed by atoms with Gasteiger partial charge in [0, 0.05) is 25.9 Å². The van der Waals surface area contributed by atoms with E-state index >= 15 is 0 Å². The van der Waals surface area contributed by atoms with E-state index in [0.717, 1.165) is 12.2 Å². The van der Waals surface area contributed by atoms with Crippen molar-refractivity contribution >= 4 is 0 Å². The van der Waals surface area contributed by atoms with E-state index in [-0.39, 0.29) is 12.2 Å². The van der Waals surface area contributed by atoms with Gasteiger partial charge in [-0.3, -0.25) is 0 Å². The molecule has 0 amide bonds. The second kappa shape index (κ2) is 6.68. The summed E-state index contributed by atoms with van der Waals surface area (Å²) in [5, 5.41) is 19.9. The quantitative estimate of drug-likeness (QED) is 0.680. The molecule has 0 saturated heterocycles. The van der Waals surface area contributed by atoms with Crippen LogP contribution >= 0.6 is 0 Å². The molecule has 1 heterocycles. The number of aliphatic hydroxyl groups is 1. The van der Waals surface area contributed by atoms with E-state index in [1.807, 2.05) is 27.0 Å². The second-order valence-corrected chi connectivity index (χ2v) is 4.49. The fourth-order valence-electron chi connectivity index (χ4n) is 1.56. The molecule has 0 spiro atoms. The van der Waals surface area contributed by atoms with Crippen LogP contribution in [0.5, 0.6) is 0 Å². The molecule has 6 nitrogen and oxygen atoms in total. The molecule has 0 saturated carbocycles. The molecule has 1 rings (SSSR count). The van der Waals surface area contributed by atoms with Crippen LogP contribution in [0.3, 0.4) is 0 Å². The van der Waals surface area contributed by atoms with Gasteiger partial charge in [-0.2, -0.15) is 0 Å². The van der Waals surface area contributed by atoms with Gasteiger partial charge in [-0.1, -0.05) is 5.21 Å². The molecular weight excluding hydrogens is 220 g/mol. The third-order valence-electron chi connectivity index (χ3n) is 2.31. The molecular formula is C11H22N4O2. The van der Waals surface area contributed by atoms with Gasteiger partial charge in [0.1, 0.15) is 0 Å². The van der Waals surface area contributed by atoms with E-state index < -0.39 is 0 Å². The number of ether oxygens (including phenoxy) is 1. The molecule has 0 radical (unpaired) electrons. The lowest BCUT2D eigenvalue weighted by Crippen LogP contribution is -2.37. The third kappa shape index (κ3) is 5.25. The lowest BCUT2D eigenvalue weighted by Gasteiger charge is -2.24. The van der Waals surface area contributed by atoms with E-state index in [1.54, 1.807) is 4.68 Å². The molecule has 0 aliphatic rings. The number of nitrogens with zero attached hydrogens (tertiary/aromatic N) is 3. The van der Waals surface area contributed by atoms with Crippen LogP contribution in [-0.2, 0) is 17.8 Å². The zero-order valence-electron chi connectivity index (χ0n) is 10.8. The van der Waals surface area contributed by atoms with Crippen molar-refractivity contribution in [3.05, 3.63) is 11.9 Å². The molecule has 17 heavy (non-hydrogen) atoms. The predicted molar refractivity (Wildman–Crippen MR) is 64.5 cm³/mol. The molecule has 0 atom stereocenters. The van der Waals surface area contributed by atoms with Crippen molar-refractivity contribution < 1.29 is 9.84 Å². The Morgan fingerprint density at radius 3 is 2.94 bits per heavy atom. The monoisotopic (exact) mass is 242 g/mol. The number of aromatic nitrogens is 3. The fourth-order valence-corrected chi connectivity index (χ4v) is 1.56. The van der Waals surface area contributed by atoms with Crippen LogP contribution in [0, 0.1) is 0 Å². The number of aliphatic hydroxyl groups excluding tert-OH is 1. The minimum atomic E-state index is -0.171. The maximum Gasteiger partial charge on any atom is 0.0964 e. The largest absolute Gasteiger partial charge is 0.394 e. The molecule has 0 aromatic carbocycles. The molecule has 0 fully saturated rings. The SMILES string of the molecule is CCOC(C)(C)CNCc1cn(CCO)nn1. The van der Waals surface area contributed by atoms with E-state index in [0.29, 0.717) is 19.7 Å². The predicted octanol–water partition coefficient (Wildman–Crippen LogP) is 0.175. The molecule has 0 bridgehead atoms. The zero-order chi connectivity index (χ0) is 12.7. The molecule has 0 unspecified atom stereocenters. The topological polar surface area (TPSA) is 72.2 Å². The zero-order valence-corrected chi connectivity index (χ0v) is 10.8. The summed E-state index contributed by atoms with van der Waals surface area (Å²) < 4.78 is 7.20. The summed E-state index contributed by atoms with van der Waals surface area (Å²) in [6.45, 7) is 8.77. The van der Waals surface area contributed by atoms with Gasteiger partial charge in [0.05, 0.1) is 24.4 Å². The maximum absolute atomic E-state index is 8.75. The van der Waals surface area contributed by atoms with Crippen LogP contribution in [0.2, 0.25) is 0 Å². The minimum absolute atomic E-state index is 0.0770. The van der Waals surface area contributed by atoms with Crippen molar-refractivity contribution in [3.8, 4) is 0 Å². The van der Waals surface area contributed by atoms with Gasteiger partial charge in [0.25, 0.3) is 0 Å². The van der Waals surface area contributed by atoms with Gasteiger partial charge >= 0.3 is 0 Å². The van der Waals surface area contributed by atoms with Gasteiger partial charge in [0.2, 0.25) is 0 Å². The average Bonchev–Trinajstić information content (AvgIpc) is 2.66. The normalized spacial score (nSPS) is 12.0. The Morgan fingerprint density at radius 1 is 1.53 bits per heavy atom. The number of rotatable bonds is 8. The molecule has 0 aliphatic carbocycles. The standard InChI is InChI=1S/C11H22N4O2/c1-4-17-11(2,3)9-12-7-10-8-15(5-6-16)14-13-10/h8,12,16H,4-7,9H2,1-3H3. The number of hydrogen-bond acceptors (Lipinski definition) is 5.